The van der Waals surface area contributed by atoms with Crippen molar-refractivity contribution in [3.63, 3.8) is 0 Å². The van der Waals surface area contributed by atoms with E-state index in [-0.39, 0.29) is 5.92 Å². The van der Waals surface area contributed by atoms with Crippen LogP contribution in [0.5, 0.6) is 5.75 Å². The molecule has 0 bridgehead atoms. The van der Waals surface area contributed by atoms with Crippen molar-refractivity contribution in [3.05, 3.63) is 29.8 Å². The summed E-state index contributed by atoms with van der Waals surface area (Å²) >= 11 is 0. The number of piperidine rings is 1. The Bertz CT molecular complexity index is 613. The molecule has 3 atom stereocenters. The van der Waals surface area contributed by atoms with E-state index in [1.807, 2.05) is 24.3 Å². The third-order valence-electron chi connectivity index (χ3n) is 6.07. The largest absolute Gasteiger partial charge is 0.497 e. The number of nitrogens with zero attached hydrogens (tertiary/aromatic N) is 2. The average Bonchev–Trinajstić information content (AvgIpc) is 3.07. The standard InChI is InChI=1S/C21H32N2O4/c1-15-7-9-22(10-8-15)11-17(24)12-23-13-19(20(14-23)21(25)26)16-3-5-18(27-2)6-4-16/h3-6,15,17,19-20,24H,7-14H2,1-2H3,(H,25,26)/t17?,19-,20+/m0/s1. The number of hydrogen-bond donors (Lipinski definition) is 2. The molecule has 2 N–H and O–H groups in total. The van der Waals surface area contributed by atoms with Gasteiger partial charge in [-0.1, -0.05) is 19.1 Å². The molecular weight excluding hydrogens is 344 g/mol. The molecular formula is C21H32N2O4. The minimum Gasteiger partial charge on any atom is -0.497 e. The van der Waals surface area contributed by atoms with Crippen molar-refractivity contribution in [2.45, 2.75) is 31.8 Å². The summed E-state index contributed by atoms with van der Waals surface area (Å²) in [6, 6.07) is 7.66. The maximum Gasteiger partial charge on any atom is 0.308 e. The molecule has 2 saturated heterocycles. The molecule has 0 amide bonds. The first-order valence-corrected chi connectivity index (χ1v) is 9.95. The second-order valence-corrected chi connectivity index (χ2v) is 8.18. The van der Waals surface area contributed by atoms with Gasteiger partial charge >= 0.3 is 5.97 Å². The number of carboxylic acids is 1. The fraction of sp³-hybridized carbons (Fsp3) is 0.667. The van der Waals surface area contributed by atoms with Gasteiger partial charge in [-0.15, -0.1) is 0 Å². The van der Waals surface area contributed by atoms with E-state index in [4.69, 9.17) is 4.74 Å². The number of β-amino-alcohol motifs (C(OH)–C–C–N with tert-alkyl or cyclic N) is 1. The molecule has 0 aliphatic carbocycles. The summed E-state index contributed by atoms with van der Waals surface area (Å²) in [5.74, 6) is 0.279. The first-order chi connectivity index (χ1) is 13.0. The summed E-state index contributed by atoms with van der Waals surface area (Å²) in [5, 5.41) is 20.2. The van der Waals surface area contributed by atoms with Crippen molar-refractivity contribution < 1.29 is 19.7 Å². The third-order valence-corrected chi connectivity index (χ3v) is 6.07. The van der Waals surface area contributed by atoms with Gasteiger partial charge in [0.05, 0.1) is 19.1 Å². The molecule has 150 valence electrons. The first-order valence-electron chi connectivity index (χ1n) is 9.95. The lowest BCUT2D eigenvalue weighted by atomic mass is 9.89. The predicted molar refractivity (Wildman–Crippen MR) is 104 cm³/mol. The zero-order valence-corrected chi connectivity index (χ0v) is 16.4. The minimum absolute atomic E-state index is 0.0588. The van der Waals surface area contributed by atoms with Crippen LogP contribution in [0.15, 0.2) is 24.3 Å². The summed E-state index contributed by atoms with van der Waals surface area (Å²) in [7, 11) is 1.62. The number of carboxylic acid groups (broad SMARTS) is 1. The number of benzene rings is 1. The molecule has 0 aromatic heterocycles. The summed E-state index contributed by atoms with van der Waals surface area (Å²) < 4.78 is 5.19. The van der Waals surface area contributed by atoms with Crippen LogP contribution in [-0.4, -0.2) is 78.5 Å². The molecule has 2 heterocycles. The molecule has 3 rings (SSSR count). The van der Waals surface area contributed by atoms with Gasteiger partial charge in [-0.2, -0.15) is 0 Å². The monoisotopic (exact) mass is 376 g/mol. The van der Waals surface area contributed by atoms with Crippen LogP contribution in [0.2, 0.25) is 0 Å². The molecule has 0 saturated carbocycles. The molecule has 6 nitrogen and oxygen atoms in total. The Morgan fingerprint density at radius 3 is 2.37 bits per heavy atom. The highest BCUT2D eigenvalue weighted by molar-refractivity contribution is 5.72. The Morgan fingerprint density at radius 2 is 1.78 bits per heavy atom. The number of aliphatic carboxylic acids is 1. The molecule has 1 unspecified atom stereocenters. The Balaban J connectivity index is 1.57. The van der Waals surface area contributed by atoms with Crippen LogP contribution in [-0.2, 0) is 4.79 Å². The fourth-order valence-electron chi connectivity index (χ4n) is 4.37. The van der Waals surface area contributed by atoms with Crippen molar-refractivity contribution in [1.82, 2.24) is 9.80 Å². The highest BCUT2D eigenvalue weighted by Gasteiger charge is 2.39. The lowest BCUT2D eigenvalue weighted by Gasteiger charge is -2.32. The number of methoxy groups -OCH3 is 1. The van der Waals surface area contributed by atoms with Gasteiger partial charge in [-0.05, 0) is 49.5 Å². The molecule has 2 aliphatic heterocycles. The van der Waals surface area contributed by atoms with E-state index < -0.39 is 18.0 Å². The summed E-state index contributed by atoms with van der Waals surface area (Å²) in [6.07, 6.45) is 1.94. The van der Waals surface area contributed by atoms with Crippen LogP contribution >= 0.6 is 0 Å². The van der Waals surface area contributed by atoms with Crippen LogP contribution in [0.4, 0.5) is 0 Å². The SMILES string of the molecule is COc1ccc([C@@H]2CN(CC(O)CN3CCC(C)CC3)C[C@H]2C(=O)O)cc1. The van der Waals surface area contributed by atoms with E-state index >= 15 is 0 Å². The van der Waals surface area contributed by atoms with Gasteiger partial charge < -0.3 is 19.8 Å². The molecule has 2 fully saturated rings. The number of aliphatic hydroxyl groups excluding tert-OH is 1. The Hall–Kier alpha value is -1.63. The maximum atomic E-state index is 11.8. The molecule has 1 aromatic rings. The second kappa shape index (κ2) is 9.04. The Labute approximate surface area is 161 Å². The quantitative estimate of drug-likeness (QED) is 0.757. The van der Waals surface area contributed by atoms with Crippen LogP contribution in [0.25, 0.3) is 0 Å². The van der Waals surface area contributed by atoms with E-state index in [1.165, 1.54) is 12.8 Å². The van der Waals surface area contributed by atoms with Crippen molar-refractivity contribution in [3.8, 4) is 5.75 Å². The Morgan fingerprint density at radius 1 is 1.15 bits per heavy atom. The average molecular weight is 376 g/mol. The second-order valence-electron chi connectivity index (χ2n) is 8.18. The van der Waals surface area contributed by atoms with E-state index in [1.54, 1.807) is 7.11 Å². The first kappa shape index (κ1) is 20.1. The number of ether oxygens (including phenoxy) is 1. The smallest absolute Gasteiger partial charge is 0.308 e. The van der Waals surface area contributed by atoms with E-state index in [0.717, 1.165) is 30.3 Å². The molecule has 0 radical (unpaired) electrons. The van der Waals surface area contributed by atoms with Crippen molar-refractivity contribution in [2.75, 3.05) is 46.4 Å². The number of rotatable bonds is 7. The summed E-state index contributed by atoms with van der Waals surface area (Å²) in [6.45, 7) is 6.73. The number of likely N-dealkylation sites (tertiary alicyclic amines) is 2. The number of carbonyl (C=O) groups is 1. The fourth-order valence-corrected chi connectivity index (χ4v) is 4.37. The van der Waals surface area contributed by atoms with E-state index in [0.29, 0.717) is 26.2 Å². The number of hydrogen-bond acceptors (Lipinski definition) is 5. The van der Waals surface area contributed by atoms with Crippen LogP contribution < -0.4 is 4.74 Å². The normalized spacial score (nSPS) is 26.2. The Kier molecular flexibility index (Phi) is 6.73. The van der Waals surface area contributed by atoms with Crippen molar-refractivity contribution >= 4 is 5.97 Å². The predicted octanol–water partition coefficient (Wildman–Crippen LogP) is 1.89. The lowest BCUT2D eigenvalue weighted by molar-refractivity contribution is -0.141. The zero-order valence-electron chi connectivity index (χ0n) is 16.4. The van der Waals surface area contributed by atoms with E-state index in [2.05, 4.69) is 16.7 Å². The third kappa shape index (κ3) is 5.21. The van der Waals surface area contributed by atoms with Gasteiger partial charge in [0.25, 0.3) is 0 Å². The zero-order chi connectivity index (χ0) is 19.4. The number of aliphatic hydroxyl groups is 1. The maximum absolute atomic E-state index is 11.8. The van der Waals surface area contributed by atoms with E-state index in [9.17, 15) is 15.0 Å². The van der Waals surface area contributed by atoms with Crippen LogP contribution in [0.3, 0.4) is 0 Å². The highest BCUT2D eigenvalue weighted by atomic mass is 16.5. The minimum atomic E-state index is -0.766. The van der Waals surface area contributed by atoms with Crippen LogP contribution in [0.1, 0.15) is 31.2 Å². The van der Waals surface area contributed by atoms with Gasteiger partial charge in [-0.25, -0.2) is 0 Å². The van der Waals surface area contributed by atoms with Gasteiger partial charge in [0.1, 0.15) is 5.75 Å². The molecule has 6 heteroatoms. The molecule has 1 aromatic carbocycles. The van der Waals surface area contributed by atoms with Gasteiger partial charge in [0.2, 0.25) is 0 Å². The van der Waals surface area contributed by atoms with Gasteiger partial charge in [-0.3, -0.25) is 9.69 Å². The molecule has 27 heavy (non-hydrogen) atoms. The van der Waals surface area contributed by atoms with Crippen molar-refractivity contribution in [2.24, 2.45) is 11.8 Å². The topological polar surface area (TPSA) is 73.2 Å². The van der Waals surface area contributed by atoms with Crippen LogP contribution in [0, 0.1) is 11.8 Å². The summed E-state index contributed by atoms with van der Waals surface area (Å²) in [4.78, 5) is 16.2. The van der Waals surface area contributed by atoms with Gasteiger partial charge in [0, 0.05) is 32.1 Å². The van der Waals surface area contributed by atoms with Crippen molar-refractivity contribution in [1.29, 1.82) is 0 Å². The highest BCUT2D eigenvalue weighted by Crippen LogP contribution is 2.34. The molecule has 2 aliphatic rings. The lowest BCUT2D eigenvalue weighted by Crippen LogP contribution is -2.42. The summed E-state index contributed by atoms with van der Waals surface area (Å²) in [5.41, 5.74) is 1.02. The van der Waals surface area contributed by atoms with Gasteiger partial charge in [0.15, 0.2) is 0 Å². The molecule has 0 spiro atoms.